The Balaban J connectivity index is 2.79. The van der Waals surface area contributed by atoms with Gasteiger partial charge in [-0.2, -0.15) is 0 Å². The van der Waals surface area contributed by atoms with Crippen LogP contribution in [0.1, 0.15) is 47.5 Å². The Morgan fingerprint density at radius 3 is 2.00 bits per heavy atom. The van der Waals surface area contributed by atoms with Gasteiger partial charge in [-0.15, -0.1) is 0 Å². The molecule has 0 aliphatic carbocycles. The first-order chi connectivity index (χ1) is 6.65. The number of rotatable bonds is 2. The van der Waals surface area contributed by atoms with Gasteiger partial charge in [-0.25, -0.2) is 0 Å². The van der Waals surface area contributed by atoms with Gasteiger partial charge in [-0.1, -0.05) is 6.58 Å². The molecule has 3 heteroatoms. The van der Waals surface area contributed by atoms with Crippen molar-refractivity contribution < 1.29 is 4.74 Å². The number of hydrogen-bond donors (Lipinski definition) is 0. The summed E-state index contributed by atoms with van der Waals surface area (Å²) in [5.74, 6) is 0.728. The van der Waals surface area contributed by atoms with Crippen LogP contribution < -0.4 is 0 Å². The number of ether oxygens (including phenoxy) is 1. The molecule has 0 N–H and O–H groups in total. The van der Waals surface area contributed by atoms with E-state index in [2.05, 4.69) is 6.58 Å². The van der Waals surface area contributed by atoms with E-state index in [0.717, 1.165) is 18.6 Å². The van der Waals surface area contributed by atoms with Gasteiger partial charge in [0.15, 0.2) is 0 Å². The second-order valence-corrected chi connectivity index (χ2v) is 5.77. The van der Waals surface area contributed by atoms with Crippen LogP contribution in [0, 0.1) is 5.21 Å². The van der Waals surface area contributed by atoms with Crippen molar-refractivity contribution in [2.75, 3.05) is 0 Å². The van der Waals surface area contributed by atoms with Gasteiger partial charge in [0.25, 0.3) is 0 Å². The summed E-state index contributed by atoms with van der Waals surface area (Å²) in [4.78, 5) is 0. The number of nitrogens with zero attached hydrogens (tertiary/aromatic N) is 1. The lowest BCUT2D eigenvalue weighted by atomic mass is 9.80. The molecule has 3 nitrogen and oxygen atoms in total. The summed E-state index contributed by atoms with van der Waals surface area (Å²) in [6.07, 6.45) is 1.62. The second-order valence-electron chi connectivity index (χ2n) is 5.77. The molecule has 0 atom stereocenters. The van der Waals surface area contributed by atoms with Crippen LogP contribution in [0.15, 0.2) is 12.3 Å². The van der Waals surface area contributed by atoms with Crippen molar-refractivity contribution in [3.05, 3.63) is 17.5 Å². The zero-order chi connectivity index (χ0) is 11.9. The molecule has 0 radical (unpaired) electrons. The van der Waals surface area contributed by atoms with Gasteiger partial charge in [0.2, 0.25) is 0 Å². The molecule has 0 aromatic heterocycles. The quantitative estimate of drug-likeness (QED) is 0.660. The van der Waals surface area contributed by atoms with E-state index in [1.807, 2.05) is 34.6 Å². The summed E-state index contributed by atoms with van der Waals surface area (Å²) in [7, 11) is 0. The highest BCUT2D eigenvalue weighted by Gasteiger charge is 2.40. The average Bonchev–Trinajstić information content (AvgIpc) is 1.97. The molecule has 15 heavy (non-hydrogen) atoms. The topological polar surface area (TPSA) is 35.5 Å². The van der Waals surface area contributed by atoms with Gasteiger partial charge in [0.05, 0.1) is 5.76 Å². The third-order valence-corrected chi connectivity index (χ3v) is 2.92. The molecule has 0 saturated carbocycles. The summed E-state index contributed by atoms with van der Waals surface area (Å²) in [5, 5.41) is 13.2. The Hall–Kier alpha value is -0.540. The molecule has 1 aliphatic rings. The zero-order valence-corrected chi connectivity index (χ0v) is 10.5. The maximum absolute atomic E-state index is 12.0. The second kappa shape index (κ2) is 3.80. The highest BCUT2D eigenvalue weighted by molar-refractivity contribution is 5.01. The molecule has 88 valence electrons. The first-order valence-electron chi connectivity index (χ1n) is 5.45. The van der Waals surface area contributed by atoms with Crippen LogP contribution in [0.25, 0.3) is 0 Å². The van der Waals surface area contributed by atoms with Crippen molar-refractivity contribution in [1.29, 1.82) is 0 Å². The molecule has 0 aromatic rings. The molecule has 0 amide bonds. The van der Waals surface area contributed by atoms with Gasteiger partial charge in [-0.3, -0.25) is 0 Å². The van der Waals surface area contributed by atoms with E-state index in [0.29, 0.717) is 0 Å². The summed E-state index contributed by atoms with van der Waals surface area (Å²) in [5.41, 5.74) is -0.719. The minimum absolute atomic E-state index is 0.109. The maximum Gasteiger partial charge on any atom is 0.102 e. The van der Waals surface area contributed by atoms with Crippen molar-refractivity contribution in [2.24, 2.45) is 0 Å². The van der Waals surface area contributed by atoms with E-state index >= 15 is 0 Å². The van der Waals surface area contributed by atoms with Crippen LogP contribution in [-0.4, -0.2) is 22.2 Å². The molecule has 0 bridgehead atoms. The van der Waals surface area contributed by atoms with Gasteiger partial charge < -0.3 is 15.0 Å². The third-order valence-electron chi connectivity index (χ3n) is 2.92. The van der Waals surface area contributed by atoms with Crippen LogP contribution in [-0.2, 0) is 4.74 Å². The van der Waals surface area contributed by atoms with Crippen molar-refractivity contribution >= 4 is 0 Å². The highest BCUT2D eigenvalue weighted by Crippen LogP contribution is 2.38. The molecule has 1 fully saturated rings. The number of hydrogen-bond acceptors (Lipinski definition) is 3. The van der Waals surface area contributed by atoms with Gasteiger partial charge in [0, 0.05) is 23.9 Å². The average molecular weight is 212 g/mol. The molecular formula is C12H22NO2-. The largest absolute Gasteiger partial charge is 0.784 e. The predicted molar refractivity (Wildman–Crippen MR) is 62.3 cm³/mol. The van der Waals surface area contributed by atoms with Crippen molar-refractivity contribution in [3.8, 4) is 0 Å². The van der Waals surface area contributed by atoms with E-state index in [1.165, 1.54) is 5.06 Å². The van der Waals surface area contributed by atoms with Crippen LogP contribution in [0.5, 0.6) is 0 Å². The standard InChI is InChI=1S/C12H22NO2/c1-9(2)15-10-7-11(3,4)13(14)12(5,6)8-10/h10H,1,7-8H2,2-6H3/q-1. The van der Waals surface area contributed by atoms with E-state index < -0.39 is 0 Å². The summed E-state index contributed by atoms with van der Waals surface area (Å²) >= 11 is 0. The molecular weight excluding hydrogens is 190 g/mol. The van der Waals surface area contributed by atoms with Crippen LogP contribution in [0.3, 0.4) is 0 Å². The molecule has 1 saturated heterocycles. The van der Waals surface area contributed by atoms with E-state index in [-0.39, 0.29) is 17.2 Å². The minimum atomic E-state index is -0.359. The van der Waals surface area contributed by atoms with E-state index in [1.54, 1.807) is 0 Å². The van der Waals surface area contributed by atoms with Crippen molar-refractivity contribution in [1.82, 2.24) is 5.06 Å². The fraction of sp³-hybridized carbons (Fsp3) is 0.833. The molecule has 0 spiro atoms. The van der Waals surface area contributed by atoms with Crippen molar-refractivity contribution in [2.45, 2.75) is 64.6 Å². The minimum Gasteiger partial charge on any atom is -0.784 e. The fourth-order valence-electron chi connectivity index (χ4n) is 2.54. The monoisotopic (exact) mass is 212 g/mol. The van der Waals surface area contributed by atoms with Crippen molar-refractivity contribution in [3.63, 3.8) is 0 Å². The number of allylic oxidation sites excluding steroid dienone is 1. The predicted octanol–water partition coefficient (Wildman–Crippen LogP) is 3.06. The Morgan fingerprint density at radius 2 is 1.67 bits per heavy atom. The molecule has 1 heterocycles. The van der Waals surface area contributed by atoms with Gasteiger partial charge in [-0.05, 0) is 34.6 Å². The Kier molecular flexibility index (Phi) is 3.17. The molecule has 1 aliphatic heterocycles. The third kappa shape index (κ3) is 2.73. The van der Waals surface area contributed by atoms with Gasteiger partial charge >= 0.3 is 0 Å². The summed E-state index contributed by atoms with van der Waals surface area (Å²) in [6, 6.07) is 0. The summed E-state index contributed by atoms with van der Waals surface area (Å²) < 4.78 is 5.65. The SMILES string of the molecule is C=C(C)OC1CC(C)(C)N([O-])C(C)(C)C1. The number of hydroxylamine groups is 2. The molecule has 0 aromatic carbocycles. The lowest BCUT2D eigenvalue weighted by Crippen LogP contribution is -2.59. The normalized spacial score (nSPS) is 26.3. The van der Waals surface area contributed by atoms with Crippen LogP contribution >= 0.6 is 0 Å². The lowest BCUT2D eigenvalue weighted by Gasteiger charge is -2.59. The number of piperidine rings is 1. The summed E-state index contributed by atoms with van der Waals surface area (Å²) in [6.45, 7) is 13.5. The van der Waals surface area contributed by atoms with E-state index in [9.17, 15) is 5.21 Å². The fourth-order valence-corrected chi connectivity index (χ4v) is 2.54. The smallest absolute Gasteiger partial charge is 0.102 e. The van der Waals surface area contributed by atoms with Crippen LogP contribution in [0.2, 0.25) is 0 Å². The molecule has 0 unspecified atom stereocenters. The van der Waals surface area contributed by atoms with Gasteiger partial charge in [0.1, 0.15) is 6.10 Å². The lowest BCUT2D eigenvalue weighted by molar-refractivity contribution is -0.0610. The zero-order valence-electron chi connectivity index (χ0n) is 10.5. The van der Waals surface area contributed by atoms with E-state index in [4.69, 9.17) is 4.74 Å². The highest BCUT2D eigenvalue weighted by atomic mass is 16.5. The Morgan fingerprint density at radius 1 is 1.27 bits per heavy atom. The van der Waals surface area contributed by atoms with Crippen LogP contribution in [0.4, 0.5) is 0 Å². The Bertz CT molecular complexity index is 240. The maximum atomic E-state index is 12.0. The Labute approximate surface area is 92.7 Å². The first-order valence-corrected chi connectivity index (χ1v) is 5.45. The molecule has 1 rings (SSSR count). The first kappa shape index (κ1) is 12.5.